The first-order valence-corrected chi connectivity index (χ1v) is 3.57. The van der Waals surface area contributed by atoms with Crippen molar-refractivity contribution in [3.05, 3.63) is 0 Å². The molecule has 0 rings (SSSR count). The number of hydrogen-bond donors (Lipinski definition) is 1. The minimum absolute atomic E-state index is 0.238. The van der Waals surface area contributed by atoms with Crippen molar-refractivity contribution in [2.45, 2.75) is 0 Å². The van der Waals surface area contributed by atoms with Crippen LogP contribution < -0.4 is 0 Å². The highest BCUT2D eigenvalue weighted by atomic mass is 32.1. The molecule has 3 nitrogen and oxygen atoms in total. The van der Waals surface area contributed by atoms with Crippen molar-refractivity contribution in [1.29, 1.82) is 0 Å². The number of hydrogen-bond acceptors (Lipinski definition) is 4. The van der Waals surface area contributed by atoms with E-state index < -0.39 is 0 Å². The van der Waals surface area contributed by atoms with Gasteiger partial charge in [-0.15, -0.1) is 0 Å². The number of carbonyl (C=O) groups is 1. The van der Waals surface area contributed by atoms with E-state index >= 15 is 0 Å². The average Bonchev–Trinajstić information content (AvgIpc) is 1.99. The molecule has 0 aromatic heterocycles. The van der Waals surface area contributed by atoms with Gasteiger partial charge < -0.3 is 9.47 Å². The molecule has 0 bridgehead atoms. The Morgan fingerprint density at radius 1 is 1.60 bits per heavy atom. The van der Waals surface area contributed by atoms with Gasteiger partial charge in [0.1, 0.15) is 0 Å². The van der Waals surface area contributed by atoms with Crippen LogP contribution in [0.4, 0.5) is 0 Å². The van der Waals surface area contributed by atoms with E-state index in [-0.39, 0.29) is 11.9 Å². The summed E-state index contributed by atoms with van der Waals surface area (Å²) in [6.07, 6.45) is 0. The summed E-state index contributed by atoms with van der Waals surface area (Å²) in [5, 5.41) is 0. The number of carbonyl (C=O) groups excluding carboxylic acids is 1. The summed E-state index contributed by atoms with van der Waals surface area (Å²) in [5.74, 6) is -0.0456. The van der Waals surface area contributed by atoms with E-state index in [4.69, 9.17) is 4.74 Å². The highest BCUT2D eigenvalue weighted by Crippen LogP contribution is 2.01. The molecule has 0 aliphatic rings. The zero-order valence-electron chi connectivity index (χ0n) is 6.16. The van der Waals surface area contributed by atoms with Gasteiger partial charge in [0.05, 0.1) is 19.6 Å². The second kappa shape index (κ2) is 5.56. The van der Waals surface area contributed by atoms with Gasteiger partial charge in [0.2, 0.25) is 0 Å². The fraction of sp³-hybridized carbons (Fsp3) is 0.833. The van der Waals surface area contributed by atoms with Gasteiger partial charge in [0, 0.05) is 12.9 Å². The molecule has 0 aromatic rings. The standard InChI is InChI=1S/C6H12O3S/c1-8-3-5(4-10)6(7)9-2/h5,10H,3-4H2,1-2H3. The van der Waals surface area contributed by atoms with Gasteiger partial charge >= 0.3 is 5.97 Å². The van der Waals surface area contributed by atoms with Gasteiger partial charge in [-0.3, -0.25) is 4.79 Å². The molecule has 4 heteroatoms. The number of ether oxygens (including phenoxy) is 2. The highest BCUT2D eigenvalue weighted by Gasteiger charge is 2.16. The van der Waals surface area contributed by atoms with Crippen molar-refractivity contribution in [3.8, 4) is 0 Å². The van der Waals surface area contributed by atoms with Gasteiger partial charge in [-0.05, 0) is 0 Å². The summed E-state index contributed by atoms with van der Waals surface area (Å²) in [6.45, 7) is 0.371. The second-order valence-electron chi connectivity index (χ2n) is 1.86. The van der Waals surface area contributed by atoms with Gasteiger partial charge in [-0.1, -0.05) is 0 Å². The summed E-state index contributed by atoms with van der Waals surface area (Å²) in [6, 6.07) is 0. The first-order chi connectivity index (χ1) is 4.76. The molecule has 0 radical (unpaired) electrons. The molecule has 0 spiro atoms. The van der Waals surface area contributed by atoms with Crippen molar-refractivity contribution < 1.29 is 14.3 Å². The van der Waals surface area contributed by atoms with E-state index in [1.807, 2.05) is 0 Å². The Balaban J connectivity index is 3.68. The largest absolute Gasteiger partial charge is 0.469 e. The van der Waals surface area contributed by atoms with Crippen molar-refractivity contribution >= 4 is 18.6 Å². The molecule has 0 fully saturated rings. The van der Waals surface area contributed by atoms with Crippen LogP contribution in [-0.2, 0) is 14.3 Å². The van der Waals surface area contributed by atoms with Crippen LogP contribution in [0.5, 0.6) is 0 Å². The minimum atomic E-state index is -0.267. The van der Waals surface area contributed by atoms with Gasteiger partial charge in [-0.2, -0.15) is 12.6 Å². The lowest BCUT2D eigenvalue weighted by Gasteiger charge is -2.09. The number of thiol groups is 1. The summed E-state index contributed by atoms with van der Waals surface area (Å²) in [4.78, 5) is 10.8. The normalized spacial score (nSPS) is 12.7. The number of methoxy groups -OCH3 is 2. The van der Waals surface area contributed by atoms with Crippen molar-refractivity contribution in [2.75, 3.05) is 26.6 Å². The Labute approximate surface area is 66.1 Å². The zero-order chi connectivity index (χ0) is 7.98. The van der Waals surface area contributed by atoms with E-state index in [1.54, 1.807) is 7.11 Å². The molecule has 1 atom stereocenters. The van der Waals surface area contributed by atoms with Gasteiger partial charge in [-0.25, -0.2) is 0 Å². The Morgan fingerprint density at radius 3 is 2.50 bits per heavy atom. The Kier molecular flexibility index (Phi) is 5.43. The quantitative estimate of drug-likeness (QED) is 0.481. The summed E-state index contributed by atoms with van der Waals surface area (Å²) < 4.78 is 9.26. The van der Waals surface area contributed by atoms with Crippen LogP contribution >= 0.6 is 12.6 Å². The Hall–Kier alpha value is -0.220. The molecule has 60 valence electrons. The lowest BCUT2D eigenvalue weighted by Crippen LogP contribution is -2.22. The van der Waals surface area contributed by atoms with E-state index in [0.29, 0.717) is 12.4 Å². The van der Waals surface area contributed by atoms with Crippen molar-refractivity contribution in [1.82, 2.24) is 0 Å². The summed E-state index contributed by atoms with van der Waals surface area (Å²) in [7, 11) is 2.90. The smallest absolute Gasteiger partial charge is 0.311 e. The fourth-order valence-corrected chi connectivity index (χ4v) is 0.818. The highest BCUT2D eigenvalue weighted by molar-refractivity contribution is 7.80. The molecule has 0 saturated heterocycles. The lowest BCUT2D eigenvalue weighted by atomic mass is 10.2. The van der Waals surface area contributed by atoms with Crippen LogP contribution in [0.2, 0.25) is 0 Å². The third-order valence-electron chi connectivity index (χ3n) is 1.12. The molecule has 0 aromatic carbocycles. The molecule has 0 N–H and O–H groups in total. The van der Waals surface area contributed by atoms with Gasteiger partial charge in [0.15, 0.2) is 0 Å². The SMILES string of the molecule is COCC(CS)C(=O)OC. The molecular formula is C6H12O3S. The number of esters is 1. The van der Waals surface area contributed by atoms with Crippen LogP contribution in [0, 0.1) is 5.92 Å². The first kappa shape index (κ1) is 9.78. The molecule has 0 saturated carbocycles. The maximum Gasteiger partial charge on any atom is 0.311 e. The Morgan fingerprint density at radius 2 is 2.20 bits per heavy atom. The van der Waals surface area contributed by atoms with Crippen LogP contribution in [0.1, 0.15) is 0 Å². The van der Waals surface area contributed by atoms with Crippen molar-refractivity contribution in [3.63, 3.8) is 0 Å². The number of rotatable bonds is 4. The zero-order valence-corrected chi connectivity index (χ0v) is 7.06. The molecule has 0 aliphatic heterocycles. The topological polar surface area (TPSA) is 35.5 Å². The van der Waals surface area contributed by atoms with Crippen molar-refractivity contribution in [2.24, 2.45) is 5.92 Å². The monoisotopic (exact) mass is 164 g/mol. The van der Waals surface area contributed by atoms with E-state index in [9.17, 15) is 4.79 Å². The van der Waals surface area contributed by atoms with Crippen LogP contribution in [0.25, 0.3) is 0 Å². The summed E-state index contributed by atoms with van der Waals surface area (Å²) in [5.41, 5.74) is 0. The average molecular weight is 164 g/mol. The third-order valence-corrected chi connectivity index (χ3v) is 1.56. The maximum atomic E-state index is 10.8. The molecular weight excluding hydrogens is 152 g/mol. The van der Waals surface area contributed by atoms with E-state index in [1.165, 1.54) is 7.11 Å². The van der Waals surface area contributed by atoms with Crippen LogP contribution in [0.15, 0.2) is 0 Å². The predicted molar refractivity (Wildman–Crippen MR) is 41.2 cm³/mol. The molecule has 1 unspecified atom stereocenters. The van der Waals surface area contributed by atoms with E-state index in [2.05, 4.69) is 17.4 Å². The summed E-state index contributed by atoms with van der Waals surface area (Å²) >= 11 is 3.96. The lowest BCUT2D eigenvalue weighted by molar-refractivity contribution is -0.146. The fourth-order valence-electron chi connectivity index (χ4n) is 0.563. The molecule has 0 heterocycles. The molecule has 10 heavy (non-hydrogen) atoms. The van der Waals surface area contributed by atoms with Crippen LogP contribution in [-0.4, -0.2) is 32.5 Å². The third kappa shape index (κ3) is 3.08. The predicted octanol–water partition coefficient (Wildman–Crippen LogP) is 0.352. The van der Waals surface area contributed by atoms with Gasteiger partial charge in [0.25, 0.3) is 0 Å². The van der Waals surface area contributed by atoms with Crippen LogP contribution in [0.3, 0.4) is 0 Å². The first-order valence-electron chi connectivity index (χ1n) is 2.93. The maximum absolute atomic E-state index is 10.8. The Bertz CT molecular complexity index is 105. The minimum Gasteiger partial charge on any atom is -0.469 e. The second-order valence-corrected chi connectivity index (χ2v) is 2.22. The van der Waals surface area contributed by atoms with E-state index in [0.717, 1.165) is 0 Å². The molecule has 0 aliphatic carbocycles. The molecule has 0 amide bonds.